The second-order valence-corrected chi connectivity index (χ2v) is 2.97. The highest BCUT2D eigenvalue weighted by atomic mass is 15.0. The second kappa shape index (κ2) is 7.17. The van der Waals surface area contributed by atoms with Crippen LogP contribution >= 0.6 is 0 Å². The van der Waals surface area contributed by atoms with E-state index in [1.165, 1.54) is 0 Å². The Balaban J connectivity index is 3.69. The van der Waals surface area contributed by atoms with Gasteiger partial charge in [0, 0.05) is 18.3 Å². The lowest BCUT2D eigenvalue weighted by Gasteiger charge is -2.19. The third kappa shape index (κ3) is 4.39. The monoisotopic (exact) mass is 170 g/mol. The molecule has 2 nitrogen and oxygen atoms in total. The molecule has 0 amide bonds. The molecule has 0 radical (unpaired) electrons. The zero-order valence-corrected chi connectivity index (χ0v) is 8.61. The van der Waals surface area contributed by atoms with Gasteiger partial charge in [0.15, 0.2) is 0 Å². The summed E-state index contributed by atoms with van der Waals surface area (Å²) < 4.78 is 0. The van der Waals surface area contributed by atoms with Crippen LogP contribution < -0.4 is 10.6 Å². The number of hydrogen-bond acceptors (Lipinski definition) is 2. The van der Waals surface area contributed by atoms with Crippen molar-refractivity contribution >= 4 is 0 Å². The van der Waals surface area contributed by atoms with Gasteiger partial charge in [0.1, 0.15) is 0 Å². The second-order valence-electron chi connectivity index (χ2n) is 2.97. The highest BCUT2D eigenvalue weighted by molar-refractivity contribution is 5.02. The lowest BCUT2D eigenvalue weighted by molar-refractivity contribution is 0.537. The van der Waals surface area contributed by atoms with Crippen LogP contribution in [0.5, 0.6) is 0 Å². The van der Waals surface area contributed by atoms with Gasteiger partial charge in [0.05, 0.1) is 0 Å². The largest absolute Gasteiger partial charge is 0.388 e. The van der Waals surface area contributed by atoms with Crippen LogP contribution in [0, 0.1) is 0 Å². The van der Waals surface area contributed by atoms with Crippen LogP contribution in [0.3, 0.4) is 0 Å². The summed E-state index contributed by atoms with van der Waals surface area (Å²) in [7, 11) is 0. The molecule has 72 valence electrons. The van der Waals surface area contributed by atoms with Crippen molar-refractivity contribution in [2.24, 2.45) is 0 Å². The van der Waals surface area contributed by atoms with Crippen LogP contribution in [0.2, 0.25) is 0 Å². The van der Waals surface area contributed by atoms with E-state index in [9.17, 15) is 0 Å². The average molecular weight is 170 g/mol. The van der Waals surface area contributed by atoms with Gasteiger partial charge >= 0.3 is 0 Å². The van der Waals surface area contributed by atoms with E-state index in [-0.39, 0.29) is 0 Å². The van der Waals surface area contributed by atoms with Crippen molar-refractivity contribution in [3.05, 3.63) is 12.3 Å². The summed E-state index contributed by atoms with van der Waals surface area (Å²) in [5, 5.41) is 6.69. The lowest BCUT2D eigenvalue weighted by Crippen LogP contribution is -2.35. The van der Waals surface area contributed by atoms with Crippen LogP contribution in [-0.4, -0.2) is 19.1 Å². The van der Waals surface area contributed by atoms with E-state index in [2.05, 4.69) is 38.0 Å². The summed E-state index contributed by atoms with van der Waals surface area (Å²) in [6.07, 6.45) is 2.25. The Hall–Kier alpha value is -0.500. The van der Waals surface area contributed by atoms with Gasteiger partial charge in [0.2, 0.25) is 0 Å². The maximum Gasteiger partial charge on any atom is 0.0460 e. The molecule has 0 aliphatic heterocycles. The first kappa shape index (κ1) is 11.5. The smallest absolute Gasteiger partial charge is 0.0460 e. The van der Waals surface area contributed by atoms with E-state index in [1.807, 2.05) is 0 Å². The first-order valence-corrected chi connectivity index (χ1v) is 4.92. The van der Waals surface area contributed by atoms with E-state index >= 15 is 0 Å². The van der Waals surface area contributed by atoms with Crippen molar-refractivity contribution < 1.29 is 0 Å². The zero-order chi connectivity index (χ0) is 9.40. The van der Waals surface area contributed by atoms with E-state index in [0.717, 1.165) is 31.6 Å². The zero-order valence-electron chi connectivity index (χ0n) is 8.61. The maximum absolute atomic E-state index is 4.01. The summed E-state index contributed by atoms with van der Waals surface area (Å²) in [6.45, 7) is 12.5. The molecule has 1 atom stereocenters. The first-order chi connectivity index (χ1) is 5.76. The molecule has 0 aliphatic carbocycles. The fourth-order valence-electron chi connectivity index (χ4n) is 1.17. The van der Waals surface area contributed by atoms with Gasteiger partial charge in [-0.3, -0.25) is 0 Å². The predicted octanol–water partition coefficient (Wildman–Crippen LogP) is 1.89. The molecule has 2 heteroatoms. The van der Waals surface area contributed by atoms with Gasteiger partial charge in [0.25, 0.3) is 0 Å². The van der Waals surface area contributed by atoms with Crippen LogP contribution in [-0.2, 0) is 0 Å². The Morgan fingerprint density at radius 3 is 2.42 bits per heavy atom. The maximum atomic E-state index is 4.01. The third-order valence-electron chi connectivity index (χ3n) is 1.88. The van der Waals surface area contributed by atoms with Crippen molar-refractivity contribution in [2.75, 3.05) is 13.1 Å². The van der Waals surface area contributed by atoms with Crippen molar-refractivity contribution in [2.45, 2.75) is 39.7 Å². The van der Waals surface area contributed by atoms with E-state index in [4.69, 9.17) is 0 Å². The molecule has 2 N–H and O–H groups in total. The molecule has 0 saturated carbocycles. The Kier molecular flexibility index (Phi) is 6.87. The van der Waals surface area contributed by atoms with Crippen molar-refractivity contribution in [3.63, 3.8) is 0 Å². The van der Waals surface area contributed by atoms with Gasteiger partial charge in [-0.2, -0.15) is 0 Å². The summed E-state index contributed by atoms with van der Waals surface area (Å²) in [4.78, 5) is 0. The SMILES string of the molecule is C=C(NCCC)C(CC)NCC. The molecule has 0 aromatic rings. The van der Waals surface area contributed by atoms with E-state index < -0.39 is 0 Å². The van der Waals surface area contributed by atoms with E-state index in [1.54, 1.807) is 0 Å². The molecule has 0 aliphatic rings. The molecule has 0 saturated heterocycles. The minimum atomic E-state index is 0.432. The average Bonchev–Trinajstić information content (AvgIpc) is 2.10. The van der Waals surface area contributed by atoms with Gasteiger partial charge in [-0.25, -0.2) is 0 Å². The Labute approximate surface area is 76.4 Å². The Morgan fingerprint density at radius 2 is 2.00 bits per heavy atom. The summed E-state index contributed by atoms with van der Waals surface area (Å²) in [5.74, 6) is 0. The number of likely N-dealkylation sites (N-methyl/N-ethyl adjacent to an activating group) is 1. The normalized spacial score (nSPS) is 12.6. The quantitative estimate of drug-likeness (QED) is 0.609. The minimum absolute atomic E-state index is 0.432. The summed E-state index contributed by atoms with van der Waals surface area (Å²) in [6, 6.07) is 0.432. The molecular formula is C10H22N2. The molecule has 12 heavy (non-hydrogen) atoms. The molecular weight excluding hydrogens is 148 g/mol. The standard InChI is InChI=1S/C10H22N2/c1-5-8-12-9(4)10(6-2)11-7-3/h10-12H,4-8H2,1-3H3. The fraction of sp³-hybridized carbons (Fsp3) is 0.800. The fourth-order valence-corrected chi connectivity index (χ4v) is 1.17. The van der Waals surface area contributed by atoms with Gasteiger partial charge in [-0.15, -0.1) is 0 Å². The predicted molar refractivity (Wildman–Crippen MR) is 55.2 cm³/mol. The van der Waals surface area contributed by atoms with Gasteiger partial charge < -0.3 is 10.6 Å². The van der Waals surface area contributed by atoms with Crippen LogP contribution in [0.25, 0.3) is 0 Å². The molecule has 0 rings (SSSR count). The van der Waals surface area contributed by atoms with E-state index in [0.29, 0.717) is 6.04 Å². The molecule has 0 aromatic heterocycles. The topological polar surface area (TPSA) is 24.1 Å². The number of hydrogen-bond donors (Lipinski definition) is 2. The minimum Gasteiger partial charge on any atom is -0.388 e. The molecule has 0 fully saturated rings. The highest BCUT2D eigenvalue weighted by Gasteiger charge is 2.06. The van der Waals surface area contributed by atoms with Gasteiger partial charge in [-0.05, 0) is 19.4 Å². The van der Waals surface area contributed by atoms with Crippen LogP contribution in [0.1, 0.15) is 33.6 Å². The van der Waals surface area contributed by atoms with Gasteiger partial charge in [-0.1, -0.05) is 27.4 Å². The molecule has 0 bridgehead atoms. The number of nitrogens with one attached hydrogen (secondary N) is 2. The van der Waals surface area contributed by atoms with Crippen LogP contribution in [0.15, 0.2) is 12.3 Å². The van der Waals surface area contributed by atoms with Crippen molar-refractivity contribution in [3.8, 4) is 0 Å². The Bertz CT molecular complexity index is 121. The molecule has 0 spiro atoms. The number of rotatable bonds is 7. The Morgan fingerprint density at radius 1 is 1.33 bits per heavy atom. The molecule has 1 unspecified atom stereocenters. The third-order valence-corrected chi connectivity index (χ3v) is 1.88. The van der Waals surface area contributed by atoms with Crippen molar-refractivity contribution in [1.29, 1.82) is 0 Å². The van der Waals surface area contributed by atoms with Crippen molar-refractivity contribution in [1.82, 2.24) is 10.6 Å². The lowest BCUT2D eigenvalue weighted by atomic mass is 10.1. The molecule has 0 heterocycles. The first-order valence-electron chi connectivity index (χ1n) is 4.92. The summed E-state index contributed by atoms with van der Waals surface area (Å²) in [5.41, 5.74) is 1.13. The van der Waals surface area contributed by atoms with Crippen LogP contribution in [0.4, 0.5) is 0 Å². The highest BCUT2D eigenvalue weighted by Crippen LogP contribution is 1.99. The molecule has 0 aromatic carbocycles. The summed E-state index contributed by atoms with van der Waals surface area (Å²) >= 11 is 0.